The summed E-state index contributed by atoms with van der Waals surface area (Å²) in [7, 11) is 0. The lowest BCUT2D eigenvalue weighted by Gasteiger charge is -2.13. The van der Waals surface area contributed by atoms with E-state index in [1.54, 1.807) is 24.3 Å². The standard InChI is InChI=1S/C18H22N2O4/c21-15(13-3-1-2-4-13)19-11-12-5-7-14(8-6-12)16(22)20-18(9-10-18)17(23)24/h5-8,13H,1-4,9-11H2,(H,19,21)(H,20,22)(H,23,24). The van der Waals surface area contributed by atoms with E-state index in [4.69, 9.17) is 5.11 Å². The lowest BCUT2D eigenvalue weighted by molar-refractivity contribution is -0.140. The van der Waals surface area contributed by atoms with E-state index in [0.717, 1.165) is 31.2 Å². The minimum Gasteiger partial charge on any atom is -0.480 e. The lowest BCUT2D eigenvalue weighted by Crippen LogP contribution is -2.43. The summed E-state index contributed by atoms with van der Waals surface area (Å²) in [6, 6.07) is 6.88. The molecule has 0 atom stereocenters. The van der Waals surface area contributed by atoms with E-state index in [1.807, 2.05) is 0 Å². The van der Waals surface area contributed by atoms with Crippen LogP contribution in [0.3, 0.4) is 0 Å². The van der Waals surface area contributed by atoms with Gasteiger partial charge in [0, 0.05) is 18.0 Å². The monoisotopic (exact) mass is 330 g/mol. The summed E-state index contributed by atoms with van der Waals surface area (Å²) in [4.78, 5) is 35.2. The molecule has 6 nitrogen and oxygen atoms in total. The predicted molar refractivity (Wildman–Crippen MR) is 87.3 cm³/mol. The summed E-state index contributed by atoms with van der Waals surface area (Å²) < 4.78 is 0. The molecule has 2 saturated carbocycles. The zero-order valence-corrected chi connectivity index (χ0v) is 13.5. The Balaban J connectivity index is 1.52. The fraction of sp³-hybridized carbons (Fsp3) is 0.500. The second kappa shape index (κ2) is 6.63. The van der Waals surface area contributed by atoms with Crippen molar-refractivity contribution in [2.24, 2.45) is 5.92 Å². The lowest BCUT2D eigenvalue weighted by atomic mass is 10.1. The third-order valence-corrected chi connectivity index (χ3v) is 4.92. The molecule has 2 aliphatic rings. The van der Waals surface area contributed by atoms with E-state index in [2.05, 4.69) is 10.6 Å². The minimum absolute atomic E-state index is 0.103. The van der Waals surface area contributed by atoms with Gasteiger partial charge < -0.3 is 15.7 Å². The van der Waals surface area contributed by atoms with Crippen molar-refractivity contribution >= 4 is 17.8 Å². The zero-order chi connectivity index (χ0) is 17.2. The van der Waals surface area contributed by atoms with Crippen molar-refractivity contribution in [2.45, 2.75) is 50.6 Å². The van der Waals surface area contributed by atoms with Crippen molar-refractivity contribution in [2.75, 3.05) is 0 Å². The summed E-state index contributed by atoms with van der Waals surface area (Å²) in [6.45, 7) is 0.441. The van der Waals surface area contributed by atoms with Crippen molar-refractivity contribution in [1.82, 2.24) is 10.6 Å². The topological polar surface area (TPSA) is 95.5 Å². The molecule has 0 saturated heterocycles. The quantitative estimate of drug-likeness (QED) is 0.741. The van der Waals surface area contributed by atoms with Crippen LogP contribution >= 0.6 is 0 Å². The first kappa shape index (κ1) is 16.5. The van der Waals surface area contributed by atoms with Crippen molar-refractivity contribution in [3.05, 3.63) is 35.4 Å². The summed E-state index contributed by atoms with van der Waals surface area (Å²) >= 11 is 0. The average molecular weight is 330 g/mol. The Kier molecular flexibility index (Phi) is 4.55. The SMILES string of the molecule is O=C(NC1(C(=O)O)CC1)c1ccc(CNC(=O)C2CCCC2)cc1. The number of hydrogen-bond acceptors (Lipinski definition) is 3. The largest absolute Gasteiger partial charge is 0.480 e. The summed E-state index contributed by atoms with van der Waals surface area (Å²) in [6.07, 6.45) is 5.13. The Morgan fingerprint density at radius 1 is 1.08 bits per heavy atom. The number of hydrogen-bond donors (Lipinski definition) is 3. The molecule has 0 heterocycles. The molecule has 0 radical (unpaired) electrons. The molecule has 1 aromatic carbocycles. The number of rotatable bonds is 6. The van der Waals surface area contributed by atoms with E-state index >= 15 is 0 Å². The molecule has 1 aromatic rings. The zero-order valence-electron chi connectivity index (χ0n) is 13.5. The second-order valence-electron chi connectivity index (χ2n) is 6.74. The number of aliphatic carboxylic acids is 1. The van der Waals surface area contributed by atoms with Crippen LogP contribution in [-0.4, -0.2) is 28.4 Å². The molecular weight excluding hydrogens is 308 g/mol. The van der Waals surface area contributed by atoms with Gasteiger partial charge in [-0.2, -0.15) is 0 Å². The Hall–Kier alpha value is -2.37. The summed E-state index contributed by atoms with van der Waals surface area (Å²) in [5.41, 5.74) is 0.260. The van der Waals surface area contributed by atoms with E-state index in [-0.39, 0.29) is 17.7 Å². The minimum atomic E-state index is -1.08. The Morgan fingerprint density at radius 2 is 1.71 bits per heavy atom. The molecule has 2 aliphatic carbocycles. The van der Waals surface area contributed by atoms with Crippen molar-refractivity contribution in [1.29, 1.82) is 0 Å². The average Bonchev–Trinajstić information content (AvgIpc) is 3.16. The molecule has 6 heteroatoms. The van der Waals surface area contributed by atoms with Crippen molar-refractivity contribution in [3.63, 3.8) is 0 Å². The maximum atomic E-state index is 12.1. The number of carbonyl (C=O) groups is 3. The molecule has 0 spiro atoms. The maximum Gasteiger partial charge on any atom is 0.329 e. The van der Waals surface area contributed by atoms with Gasteiger partial charge >= 0.3 is 5.97 Å². The highest BCUT2D eigenvalue weighted by Crippen LogP contribution is 2.35. The Labute approximate surface area is 140 Å². The van der Waals surface area contributed by atoms with Gasteiger partial charge in [-0.1, -0.05) is 25.0 Å². The summed E-state index contributed by atoms with van der Waals surface area (Å²) in [5.74, 6) is -1.12. The number of nitrogens with one attached hydrogen (secondary N) is 2. The first-order chi connectivity index (χ1) is 11.5. The Bertz CT molecular complexity index is 643. The van der Waals surface area contributed by atoms with Gasteiger partial charge in [0.25, 0.3) is 5.91 Å². The number of carboxylic acids is 1. The van der Waals surface area contributed by atoms with E-state index in [9.17, 15) is 14.4 Å². The third kappa shape index (κ3) is 3.58. The van der Waals surface area contributed by atoms with Gasteiger partial charge in [0.2, 0.25) is 5.91 Å². The second-order valence-corrected chi connectivity index (χ2v) is 6.74. The van der Waals surface area contributed by atoms with Gasteiger partial charge in [0.1, 0.15) is 5.54 Å². The molecule has 0 unspecified atom stereocenters. The van der Waals surface area contributed by atoms with Crippen LogP contribution in [0, 0.1) is 5.92 Å². The molecule has 24 heavy (non-hydrogen) atoms. The normalized spacial score (nSPS) is 18.8. The van der Waals surface area contributed by atoms with Crippen LogP contribution in [0.2, 0.25) is 0 Å². The molecule has 3 N–H and O–H groups in total. The van der Waals surface area contributed by atoms with Gasteiger partial charge in [-0.15, -0.1) is 0 Å². The highest BCUT2D eigenvalue weighted by molar-refractivity contribution is 5.98. The smallest absolute Gasteiger partial charge is 0.329 e. The van der Waals surface area contributed by atoms with Crippen molar-refractivity contribution in [3.8, 4) is 0 Å². The van der Waals surface area contributed by atoms with Crippen LogP contribution in [0.4, 0.5) is 0 Å². The van der Waals surface area contributed by atoms with Crippen LogP contribution in [0.25, 0.3) is 0 Å². The van der Waals surface area contributed by atoms with E-state index in [0.29, 0.717) is 24.9 Å². The number of carboxylic acid groups (broad SMARTS) is 1. The molecule has 2 amide bonds. The number of benzene rings is 1. The highest BCUT2D eigenvalue weighted by Gasteiger charge is 2.51. The molecule has 2 fully saturated rings. The third-order valence-electron chi connectivity index (χ3n) is 4.92. The molecular formula is C18H22N2O4. The number of amides is 2. The predicted octanol–water partition coefficient (Wildman–Crippen LogP) is 1.84. The molecule has 3 rings (SSSR count). The summed E-state index contributed by atoms with van der Waals surface area (Å²) in [5, 5.41) is 14.6. The van der Waals surface area contributed by atoms with Crippen molar-refractivity contribution < 1.29 is 19.5 Å². The van der Waals surface area contributed by atoms with Gasteiger partial charge in [-0.05, 0) is 43.4 Å². The van der Waals surface area contributed by atoms with E-state index in [1.165, 1.54) is 0 Å². The molecule has 128 valence electrons. The first-order valence-corrected chi connectivity index (χ1v) is 8.43. The van der Waals surface area contributed by atoms with Crippen LogP contribution in [0.5, 0.6) is 0 Å². The van der Waals surface area contributed by atoms with E-state index < -0.39 is 11.5 Å². The van der Waals surface area contributed by atoms with Crippen LogP contribution < -0.4 is 10.6 Å². The van der Waals surface area contributed by atoms with Crippen LogP contribution in [0.15, 0.2) is 24.3 Å². The van der Waals surface area contributed by atoms with Gasteiger partial charge in [-0.25, -0.2) is 4.79 Å². The fourth-order valence-corrected chi connectivity index (χ4v) is 3.10. The van der Waals surface area contributed by atoms with Gasteiger partial charge in [-0.3, -0.25) is 9.59 Å². The maximum absolute atomic E-state index is 12.1. The molecule has 0 aromatic heterocycles. The van der Waals surface area contributed by atoms with Gasteiger partial charge in [0.15, 0.2) is 0 Å². The number of carbonyl (C=O) groups excluding carboxylic acids is 2. The fourth-order valence-electron chi connectivity index (χ4n) is 3.10. The highest BCUT2D eigenvalue weighted by atomic mass is 16.4. The van der Waals surface area contributed by atoms with Crippen LogP contribution in [-0.2, 0) is 16.1 Å². The molecule has 0 bridgehead atoms. The first-order valence-electron chi connectivity index (χ1n) is 8.43. The Morgan fingerprint density at radius 3 is 2.25 bits per heavy atom. The van der Waals surface area contributed by atoms with Gasteiger partial charge in [0.05, 0.1) is 0 Å². The van der Waals surface area contributed by atoms with Crippen LogP contribution in [0.1, 0.15) is 54.4 Å². The molecule has 0 aliphatic heterocycles.